The van der Waals surface area contributed by atoms with E-state index in [2.05, 4.69) is 20.9 Å². The van der Waals surface area contributed by atoms with Crippen LogP contribution >= 0.6 is 22.7 Å². The molecule has 0 aliphatic rings. The Bertz CT molecular complexity index is 1290. The smallest absolute Gasteiger partial charge is 0.273 e. The number of carbonyl (C=O) groups excluding carboxylic acids is 2. The molecule has 0 unspecified atom stereocenters. The summed E-state index contributed by atoms with van der Waals surface area (Å²) in [6.07, 6.45) is 0.731. The topological polar surface area (TPSA) is 106 Å². The van der Waals surface area contributed by atoms with Crippen LogP contribution in [0.5, 0.6) is 0 Å². The van der Waals surface area contributed by atoms with E-state index < -0.39 is 11.8 Å². The summed E-state index contributed by atoms with van der Waals surface area (Å²) in [7, 11) is 0. The fourth-order valence-corrected chi connectivity index (χ4v) is 4.60. The summed E-state index contributed by atoms with van der Waals surface area (Å²) in [5.41, 5.74) is 6.28. The Hall–Kier alpha value is -3.37. The van der Waals surface area contributed by atoms with Crippen LogP contribution in [0.25, 0.3) is 21.3 Å². The van der Waals surface area contributed by atoms with Gasteiger partial charge in [0.1, 0.15) is 5.01 Å². The largest absolute Gasteiger partial charge is 0.290 e. The third-order valence-electron chi connectivity index (χ3n) is 4.50. The van der Waals surface area contributed by atoms with Crippen molar-refractivity contribution >= 4 is 45.3 Å². The molecule has 4 aromatic rings. The Kier molecular flexibility index (Phi) is 6.19. The van der Waals surface area contributed by atoms with Crippen molar-refractivity contribution in [1.29, 1.82) is 0 Å². The minimum absolute atomic E-state index is 0.0322. The molecule has 10 heteroatoms. The van der Waals surface area contributed by atoms with Crippen molar-refractivity contribution < 1.29 is 9.59 Å². The number of aryl methyl sites for hydroxylation is 1. The molecular weight excluding hydrogens is 434 g/mol. The van der Waals surface area contributed by atoms with Gasteiger partial charge in [0.25, 0.3) is 11.5 Å². The van der Waals surface area contributed by atoms with Crippen molar-refractivity contribution in [3.05, 3.63) is 68.2 Å². The molecule has 0 saturated heterocycles. The molecule has 3 heterocycles. The third-order valence-corrected chi connectivity index (χ3v) is 6.12. The molecule has 0 radical (unpaired) electrons. The van der Waals surface area contributed by atoms with Crippen molar-refractivity contribution in [3.8, 4) is 10.6 Å². The average molecular weight is 454 g/mol. The highest BCUT2D eigenvalue weighted by Crippen LogP contribution is 2.25. The van der Waals surface area contributed by atoms with Crippen LogP contribution in [-0.2, 0) is 17.8 Å². The zero-order valence-electron chi connectivity index (χ0n) is 16.6. The molecule has 1 aromatic carbocycles. The van der Waals surface area contributed by atoms with Gasteiger partial charge in [0.15, 0.2) is 5.69 Å². The second kappa shape index (κ2) is 9.19. The van der Waals surface area contributed by atoms with Gasteiger partial charge in [-0.25, -0.2) is 9.67 Å². The highest BCUT2D eigenvalue weighted by molar-refractivity contribution is 7.14. The molecule has 158 valence electrons. The van der Waals surface area contributed by atoms with Crippen LogP contribution in [0.4, 0.5) is 0 Å². The zero-order valence-corrected chi connectivity index (χ0v) is 18.3. The predicted octanol–water partition coefficient (Wildman–Crippen LogP) is 3.00. The molecule has 0 atom stereocenters. The van der Waals surface area contributed by atoms with E-state index in [4.69, 9.17) is 0 Å². The number of hydrogen-bond donors (Lipinski definition) is 2. The minimum Gasteiger partial charge on any atom is -0.273 e. The van der Waals surface area contributed by atoms with Gasteiger partial charge in [-0.3, -0.25) is 25.2 Å². The van der Waals surface area contributed by atoms with Crippen molar-refractivity contribution in [3.63, 3.8) is 0 Å². The van der Waals surface area contributed by atoms with E-state index in [1.54, 1.807) is 35.6 Å². The number of thiazole rings is 1. The number of nitrogens with zero attached hydrogens (tertiary/aromatic N) is 3. The lowest BCUT2D eigenvalue weighted by Gasteiger charge is -2.11. The first-order valence-electron chi connectivity index (χ1n) is 9.63. The molecule has 0 bridgehead atoms. The molecule has 31 heavy (non-hydrogen) atoms. The quantitative estimate of drug-likeness (QED) is 0.437. The number of thiophene rings is 1. The maximum Gasteiger partial charge on any atom is 0.290 e. The molecule has 0 aliphatic carbocycles. The second-order valence-electron chi connectivity index (χ2n) is 6.76. The highest BCUT2D eigenvalue weighted by atomic mass is 32.1. The number of aromatic nitrogens is 3. The molecule has 0 aliphatic heterocycles. The van der Waals surface area contributed by atoms with Crippen LogP contribution in [0.3, 0.4) is 0 Å². The first-order valence-corrected chi connectivity index (χ1v) is 11.4. The van der Waals surface area contributed by atoms with Crippen LogP contribution in [0, 0.1) is 0 Å². The fraction of sp³-hybridized carbons (Fsp3) is 0.190. The number of benzene rings is 1. The van der Waals surface area contributed by atoms with E-state index >= 15 is 0 Å². The van der Waals surface area contributed by atoms with Crippen LogP contribution in [0.2, 0.25) is 0 Å². The summed E-state index contributed by atoms with van der Waals surface area (Å²) in [4.78, 5) is 42.0. The molecule has 2 amide bonds. The summed E-state index contributed by atoms with van der Waals surface area (Å²) >= 11 is 3.05. The molecule has 8 nitrogen and oxygen atoms in total. The van der Waals surface area contributed by atoms with E-state index in [-0.39, 0.29) is 17.7 Å². The van der Waals surface area contributed by atoms with E-state index in [0.29, 0.717) is 29.4 Å². The predicted molar refractivity (Wildman–Crippen MR) is 121 cm³/mol. The number of nitrogens with one attached hydrogen (secondary N) is 2. The van der Waals surface area contributed by atoms with Crippen molar-refractivity contribution in [2.75, 3.05) is 0 Å². The summed E-state index contributed by atoms with van der Waals surface area (Å²) in [6.45, 7) is 2.32. The summed E-state index contributed by atoms with van der Waals surface area (Å²) < 4.78 is 1.28. The van der Waals surface area contributed by atoms with Crippen molar-refractivity contribution in [2.24, 2.45) is 0 Å². The van der Waals surface area contributed by atoms with Gasteiger partial charge in [0.05, 0.1) is 17.5 Å². The summed E-state index contributed by atoms with van der Waals surface area (Å²) in [5.74, 6) is -0.992. The molecule has 2 N–H and O–H groups in total. The van der Waals surface area contributed by atoms with Gasteiger partial charge in [-0.15, -0.1) is 11.3 Å². The lowest BCUT2D eigenvalue weighted by Crippen LogP contribution is -2.43. The molecule has 0 spiro atoms. The van der Waals surface area contributed by atoms with E-state index in [0.717, 1.165) is 10.6 Å². The van der Waals surface area contributed by atoms with Gasteiger partial charge < -0.3 is 0 Å². The van der Waals surface area contributed by atoms with E-state index in [1.807, 2.05) is 29.1 Å². The first kappa shape index (κ1) is 20.9. The number of hydrazine groups is 1. The maximum atomic E-state index is 12.7. The third kappa shape index (κ3) is 4.54. The van der Waals surface area contributed by atoms with E-state index in [1.165, 1.54) is 16.0 Å². The van der Waals surface area contributed by atoms with Gasteiger partial charge in [-0.2, -0.15) is 16.4 Å². The Balaban J connectivity index is 1.46. The van der Waals surface area contributed by atoms with Gasteiger partial charge >= 0.3 is 0 Å². The van der Waals surface area contributed by atoms with Crippen LogP contribution in [0.15, 0.2) is 51.3 Å². The SMILES string of the molecule is CCCn1nc(C(=O)NNC(=O)Cc2csc(-c3ccsc3)n2)c2ccccc2c1=O. The number of rotatable bonds is 6. The van der Waals surface area contributed by atoms with Crippen LogP contribution in [0.1, 0.15) is 29.5 Å². The van der Waals surface area contributed by atoms with Gasteiger partial charge in [-0.05, 0) is 23.9 Å². The monoisotopic (exact) mass is 453 g/mol. The van der Waals surface area contributed by atoms with Gasteiger partial charge in [-0.1, -0.05) is 25.1 Å². The standard InChI is InChI=1S/C21H19N5O3S2/c1-2-8-26-21(29)16-6-4-3-5-15(16)18(25-26)19(28)24-23-17(27)10-14-12-31-20(22-14)13-7-9-30-11-13/h3-7,9,11-12H,2,8,10H2,1H3,(H,23,27)(H,24,28). The Morgan fingerprint density at radius 3 is 2.65 bits per heavy atom. The van der Waals surface area contributed by atoms with Crippen LogP contribution in [-0.4, -0.2) is 26.6 Å². The first-order chi connectivity index (χ1) is 15.1. The zero-order chi connectivity index (χ0) is 21.8. The van der Waals surface area contributed by atoms with Gasteiger partial charge in [0.2, 0.25) is 5.91 Å². The number of fused-ring (bicyclic) bond motifs is 1. The number of carbonyl (C=O) groups is 2. The number of amides is 2. The minimum atomic E-state index is -0.591. The Morgan fingerprint density at radius 1 is 1.10 bits per heavy atom. The van der Waals surface area contributed by atoms with Crippen molar-refractivity contribution in [2.45, 2.75) is 26.3 Å². The van der Waals surface area contributed by atoms with Crippen LogP contribution < -0.4 is 16.4 Å². The lowest BCUT2D eigenvalue weighted by atomic mass is 10.1. The number of hydrogen-bond acceptors (Lipinski definition) is 7. The second-order valence-corrected chi connectivity index (χ2v) is 8.40. The normalized spacial score (nSPS) is 10.9. The molecule has 3 aromatic heterocycles. The fourth-order valence-electron chi connectivity index (χ4n) is 3.07. The maximum absolute atomic E-state index is 12.7. The Labute approximate surface area is 185 Å². The summed E-state index contributed by atoms with van der Waals surface area (Å²) in [6, 6.07) is 8.77. The molecule has 0 saturated carbocycles. The Morgan fingerprint density at radius 2 is 1.90 bits per heavy atom. The summed E-state index contributed by atoms with van der Waals surface area (Å²) in [5, 5.41) is 11.7. The molecule has 4 rings (SSSR count). The van der Waals surface area contributed by atoms with Crippen molar-refractivity contribution in [1.82, 2.24) is 25.6 Å². The average Bonchev–Trinajstić information content (AvgIpc) is 3.46. The molecular formula is C21H19N5O3S2. The van der Waals surface area contributed by atoms with Gasteiger partial charge in [0, 0.05) is 28.3 Å². The molecule has 0 fully saturated rings. The van der Waals surface area contributed by atoms with E-state index in [9.17, 15) is 14.4 Å². The lowest BCUT2D eigenvalue weighted by molar-refractivity contribution is -0.121. The highest BCUT2D eigenvalue weighted by Gasteiger charge is 2.17.